The molecule has 7 nitrogen and oxygen atoms in total. The van der Waals surface area contributed by atoms with Gasteiger partial charge in [0.05, 0.1) is 0 Å². The first-order chi connectivity index (χ1) is 18.0. The molecule has 1 atom stereocenters. The molecule has 3 aromatic carbocycles. The average molecular weight is 493 g/mol. The normalized spacial score (nSPS) is 15.8. The van der Waals surface area contributed by atoms with E-state index in [4.69, 9.17) is 5.73 Å². The number of benzene rings is 3. The van der Waals surface area contributed by atoms with E-state index in [-0.39, 0.29) is 23.5 Å². The summed E-state index contributed by atoms with van der Waals surface area (Å²) in [5.74, 6) is -0.430. The second-order valence-electron chi connectivity index (χ2n) is 8.88. The Morgan fingerprint density at radius 1 is 1.00 bits per heavy atom. The quantitative estimate of drug-likeness (QED) is 0.317. The maximum Gasteiger partial charge on any atom is 0.274 e. The summed E-state index contributed by atoms with van der Waals surface area (Å²) >= 11 is 0. The number of hydrogen-bond donors (Lipinski definition) is 3. The number of hydrogen-bond acceptors (Lipinski definition) is 4. The van der Waals surface area contributed by atoms with Crippen molar-refractivity contribution in [2.24, 2.45) is 0 Å². The topological polar surface area (TPSA) is 108 Å². The van der Waals surface area contributed by atoms with Gasteiger partial charge in [-0.25, -0.2) is 0 Å². The van der Waals surface area contributed by atoms with Crippen LogP contribution in [0.1, 0.15) is 63.0 Å². The maximum absolute atomic E-state index is 13.4. The van der Waals surface area contributed by atoms with Crippen molar-refractivity contribution in [3.05, 3.63) is 107 Å². The van der Waals surface area contributed by atoms with Crippen molar-refractivity contribution in [3.8, 4) is 0 Å². The molecule has 2 aliphatic rings. The number of nitrogens with zero attached hydrogens (tertiary/aromatic N) is 1. The minimum absolute atomic E-state index is 0.0485. The number of nitrogens with two attached hydrogens (primary N) is 1. The van der Waals surface area contributed by atoms with Crippen molar-refractivity contribution >= 4 is 39.9 Å². The number of likely N-dealkylation sites (tertiary alicyclic amines) is 1. The predicted octanol–water partition coefficient (Wildman–Crippen LogP) is 5.74. The Kier molecular flexibility index (Phi) is 6.36. The molecule has 1 fully saturated rings. The molecule has 2 heterocycles. The number of anilines is 2. The standard InChI is InChI=1S/C28H22N4O3.C2H6/c29-18-7-5-16(6-8-18)27(34)30-19-9-10-23-17(13-19)14-24(31-23)28(35)32-12-11-21-20-3-1-2-4-22(20)26(33)15-25(21)32;1-2/h1-10,13-15,21,31H,11-12,29H2,(H,30,34);1-2H3. The zero-order chi connectivity index (χ0) is 26.1. The molecule has 1 aliphatic carbocycles. The SMILES string of the molecule is CC.Nc1ccc(C(=O)Nc2ccc3[nH]c(C(=O)N4CCC5C4=CC(=O)c4ccccc45)cc3c2)cc1. The van der Waals surface area contributed by atoms with Crippen LogP contribution in [0.3, 0.4) is 0 Å². The highest BCUT2D eigenvalue weighted by Crippen LogP contribution is 2.42. The Hall–Kier alpha value is -4.65. The lowest BCUT2D eigenvalue weighted by Crippen LogP contribution is -2.29. The van der Waals surface area contributed by atoms with E-state index in [1.54, 1.807) is 47.4 Å². The molecule has 4 N–H and O–H groups in total. The van der Waals surface area contributed by atoms with Crippen molar-refractivity contribution in [2.75, 3.05) is 17.6 Å². The second-order valence-corrected chi connectivity index (χ2v) is 8.88. The van der Waals surface area contributed by atoms with Gasteiger partial charge in [-0.15, -0.1) is 0 Å². The summed E-state index contributed by atoms with van der Waals surface area (Å²) in [6.07, 6.45) is 2.38. The molecule has 186 valence electrons. The number of rotatable bonds is 3. The van der Waals surface area contributed by atoms with Crippen LogP contribution in [0, 0.1) is 0 Å². The highest BCUT2D eigenvalue weighted by atomic mass is 16.2. The molecule has 1 saturated heterocycles. The molecular weight excluding hydrogens is 464 g/mol. The fourth-order valence-corrected chi connectivity index (χ4v) is 4.98. The van der Waals surface area contributed by atoms with Crippen LogP contribution in [-0.2, 0) is 0 Å². The van der Waals surface area contributed by atoms with Gasteiger partial charge in [-0.3, -0.25) is 14.4 Å². The van der Waals surface area contributed by atoms with Gasteiger partial charge in [-0.2, -0.15) is 0 Å². The first kappa shape index (κ1) is 24.1. The Labute approximate surface area is 215 Å². The molecule has 0 saturated carbocycles. The van der Waals surface area contributed by atoms with E-state index in [1.807, 2.05) is 50.2 Å². The number of aromatic nitrogens is 1. The van der Waals surface area contributed by atoms with Crippen molar-refractivity contribution in [1.29, 1.82) is 0 Å². The molecule has 37 heavy (non-hydrogen) atoms. The fraction of sp³-hybridized carbons (Fsp3) is 0.167. The summed E-state index contributed by atoms with van der Waals surface area (Å²) in [4.78, 5) is 43.5. The second kappa shape index (κ2) is 9.78. The molecule has 1 aliphatic heterocycles. The van der Waals surface area contributed by atoms with Crippen LogP contribution in [-0.4, -0.2) is 34.0 Å². The van der Waals surface area contributed by atoms with Gasteiger partial charge in [0, 0.05) is 57.6 Å². The Morgan fingerprint density at radius 2 is 1.76 bits per heavy atom. The van der Waals surface area contributed by atoms with Crippen LogP contribution < -0.4 is 11.1 Å². The van der Waals surface area contributed by atoms with Crippen LogP contribution in [0.5, 0.6) is 0 Å². The Bertz CT molecular complexity index is 1550. The van der Waals surface area contributed by atoms with Crippen molar-refractivity contribution in [1.82, 2.24) is 9.88 Å². The van der Waals surface area contributed by atoms with Gasteiger partial charge in [0.15, 0.2) is 5.78 Å². The number of nitrogens with one attached hydrogen (secondary N) is 2. The number of H-pyrrole nitrogens is 1. The van der Waals surface area contributed by atoms with Crippen molar-refractivity contribution in [2.45, 2.75) is 26.2 Å². The molecule has 6 rings (SSSR count). The molecule has 0 spiro atoms. The first-order valence-electron chi connectivity index (χ1n) is 12.4. The lowest BCUT2D eigenvalue weighted by atomic mass is 9.85. The Morgan fingerprint density at radius 3 is 2.54 bits per heavy atom. The summed E-state index contributed by atoms with van der Waals surface area (Å²) in [5, 5.41) is 3.68. The van der Waals surface area contributed by atoms with Crippen LogP contribution >= 0.6 is 0 Å². The highest BCUT2D eigenvalue weighted by Gasteiger charge is 2.38. The maximum atomic E-state index is 13.4. The number of allylic oxidation sites excluding steroid dienone is 2. The lowest BCUT2D eigenvalue weighted by Gasteiger charge is -2.24. The third-order valence-electron chi connectivity index (χ3n) is 6.72. The smallest absolute Gasteiger partial charge is 0.274 e. The molecule has 1 unspecified atom stereocenters. The number of fused-ring (bicyclic) bond motifs is 4. The van der Waals surface area contributed by atoms with Gasteiger partial charge in [-0.05, 0) is 60.5 Å². The molecule has 2 amide bonds. The molecule has 0 bridgehead atoms. The minimum atomic E-state index is -0.242. The zero-order valence-corrected chi connectivity index (χ0v) is 20.7. The largest absolute Gasteiger partial charge is 0.399 e. The molecule has 4 aromatic rings. The monoisotopic (exact) mass is 492 g/mol. The van der Waals surface area contributed by atoms with Gasteiger partial charge in [0.25, 0.3) is 11.8 Å². The first-order valence-corrected chi connectivity index (χ1v) is 12.4. The number of carbonyl (C=O) groups is 3. The van der Waals surface area contributed by atoms with Gasteiger partial charge >= 0.3 is 0 Å². The molecule has 1 aromatic heterocycles. The number of aromatic amines is 1. The van der Waals surface area contributed by atoms with E-state index >= 15 is 0 Å². The van der Waals surface area contributed by atoms with Gasteiger partial charge in [0.2, 0.25) is 0 Å². The van der Waals surface area contributed by atoms with E-state index in [0.717, 1.165) is 34.1 Å². The third-order valence-corrected chi connectivity index (χ3v) is 6.72. The van der Waals surface area contributed by atoms with Gasteiger partial charge in [0.1, 0.15) is 5.69 Å². The lowest BCUT2D eigenvalue weighted by molar-refractivity contribution is 0.0818. The minimum Gasteiger partial charge on any atom is -0.399 e. The zero-order valence-electron chi connectivity index (χ0n) is 20.7. The van der Waals surface area contributed by atoms with Crippen LogP contribution in [0.2, 0.25) is 0 Å². The van der Waals surface area contributed by atoms with Gasteiger partial charge in [-0.1, -0.05) is 38.1 Å². The van der Waals surface area contributed by atoms with E-state index < -0.39 is 0 Å². The van der Waals surface area contributed by atoms with Crippen LogP contribution in [0.4, 0.5) is 11.4 Å². The Balaban J connectivity index is 0.00000137. The van der Waals surface area contributed by atoms with Gasteiger partial charge < -0.3 is 20.9 Å². The number of nitrogen functional groups attached to an aromatic ring is 1. The number of carbonyl (C=O) groups excluding carboxylic acids is 3. The fourth-order valence-electron chi connectivity index (χ4n) is 4.98. The number of amides is 2. The van der Waals surface area contributed by atoms with Crippen LogP contribution in [0.15, 0.2) is 84.6 Å². The molecular formula is C30H28N4O3. The average Bonchev–Trinajstić information content (AvgIpc) is 3.54. The summed E-state index contributed by atoms with van der Waals surface area (Å²) in [6.45, 7) is 4.55. The van der Waals surface area contributed by atoms with E-state index in [0.29, 0.717) is 29.2 Å². The summed E-state index contributed by atoms with van der Waals surface area (Å²) < 4.78 is 0. The highest BCUT2D eigenvalue weighted by molar-refractivity contribution is 6.09. The van der Waals surface area contributed by atoms with Crippen molar-refractivity contribution in [3.63, 3.8) is 0 Å². The summed E-state index contributed by atoms with van der Waals surface area (Å²) in [6, 6.07) is 21.5. The van der Waals surface area contributed by atoms with E-state index in [9.17, 15) is 14.4 Å². The van der Waals surface area contributed by atoms with Crippen molar-refractivity contribution < 1.29 is 14.4 Å². The summed E-state index contributed by atoms with van der Waals surface area (Å²) in [7, 11) is 0. The predicted molar refractivity (Wildman–Crippen MR) is 146 cm³/mol. The molecule has 7 heteroatoms. The molecule has 0 radical (unpaired) electrons. The number of ketones is 1. The third kappa shape index (κ3) is 4.40. The van der Waals surface area contributed by atoms with E-state index in [1.165, 1.54) is 0 Å². The van der Waals surface area contributed by atoms with Crippen LogP contribution in [0.25, 0.3) is 10.9 Å². The summed E-state index contributed by atoms with van der Waals surface area (Å²) in [5.41, 5.74) is 11.1. The van der Waals surface area contributed by atoms with E-state index in [2.05, 4.69) is 10.3 Å².